The van der Waals surface area contributed by atoms with Gasteiger partial charge in [-0.3, -0.25) is 9.79 Å². The minimum Gasteiger partial charge on any atom is -0.443 e. The van der Waals surface area contributed by atoms with Gasteiger partial charge in [-0.1, -0.05) is 44.2 Å². The van der Waals surface area contributed by atoms with E-state index in [0.717, 1.165) is 5.56 Å². The van der Waals surface area contributed by atoms with Gasteiger partial charge in [-0.15, -0.1) is 0 Å². The number of amides is 2. The van der Waals surface area contributed by atoms with E-state index < -0.39 is 29.2 Å². The highest BCUT2D eigenvalue weighted by atomic mass is 16.6. The number of nitrogens with zero attached hydrogens (tertiary/aromatic N) is 2. The van der Waals surface area contributed by atoms with Gasteiger partial charge in [0.2, 0.25) is 0 Å². The quantitative estimate of drug-likeness (QED) is 0.734. The Kier molecular flexibility index (Phi) is 6.66. The largest absolute Gasteiger partial charge is 0.443 e. The van der Waals surface area contributed by atoms with Crippen molar-refractivity contribution in [3.05, 3.63) is 35.9 Å². The van der Waals surface area contributed by atoms with Gasteiger partial charge in [0.25, 0.3) is 5.91 Å². The van der Waals surface area contributed by atoms with Gasteiger partial charge in [-0.05, 0) is 52.5 Å². The van der Waals surface area contributed by atoms with E-state index in [2.05, 4.69) is 0 Å². The Morgan fingerprint density at radius 2 is 1.79 bits per heavy atom. The molecule has 1 aliphatic rings. The summed E-state index contributed by atoms with van der Waals surface area (Å²) in [7, 11) is 0. The van der Waals surface area contributed by atoms with Crippen LogP contribution >= 0.6 is 0 Å². The number of Topliss-reactive ketones (excluding diaryl/α,β-unsaturated/α-hetero) is 1. The predicted molar refractivity (Wildman–Crippen MR) is 113 cm³/mol. The highest BCUT2D eigenvalue weighted by Crippen LogP contribution is 2.33. The highest BCUT2D eigenvalue weighted by Gasteiger charge is 2.50. The lowest BCUT2D eigenvalue weighted by atomic mass is 9.84. The van der Waals surface area contributed by atoms with E-state index in [1.807, 2.05) is 44.2 Å². The van der Waals surface area contributed by atoms with Crippen molar-refractivity contribution in [2.45, 2.75) is 78.5 Å². The van der Waals surface area contributed by atoms with Crippen molar-refractivity contribution < 1.29 is 19.1 Å². The maximum Gasteiger partial charge on any atom is 0.417 e. The molecule has 0 saturated heterocycles. The first-order chi connectivity index (χ1) is 13.4. The third-order valence-corrected chi connectivity index (χ3v) is 4.86. The standard InChI is InChI=1S/C23H32N2O4/c1-15(2)19-18(17-11-9-8-10-12-17)24-23(7,14-13-16(3)26)20(27)25(19)21(28)29-22(4,5)6/h8-12,15,19H,13-14H2,1-7H3/t19-,23+/m1/s1. The van der Waals surface area contributed by atoms with Crippen molar-refractivity contribution in [1.29, 1.82) is 0 Å². The van der Waals surface area contributed by atoms with Gasteiger partial charge < -0.3 is 9.53 Å². The zero-order chi connectivity index (χ0) is 22.0. The fourth-order valence-corrected chi connectivity index (χ4v) is 3.44. The van der Waals surface area contributed by atoms with Gasteiger partial charge in [-0.25, -0.2) is 9.69 Å². The normalized spacial score (nSPS) is 22.5. The fourth-order valence-electron chi connectivity index (χ4n) is 3.44. The van der Waals surface area contributed by atoms with Crippen LogP contribution in [-0.2, 0) is 14.3 Å². The smallest absolute Gasteiger partial charge is 0.417 e. The molecule has 0 aromatic heterocycles. The molecule has 0 fully saturated rings. The van der Waals surface area contributed by atoms with E-state index in [4.69, 9.17) is 9.73 Å². The van der Waals surface area contributed by atoms with Crippen molar-refractivity contribution in [2.75, 3.05) is 0 Å². The lowest BCUT2D eigenvalue weighted by molar-refractivity contribution is -0.138. The summed E-state index contributed by atoms with van der Waals surface area (Å²) in [6.07, 6.45) is -0.234. The number of benzene rings is 1. The van der Waals surface area contributed by atoms with Crippen molar-refractivity contribution >= 4 is 23.5 Å². The second kappa shape index (κ2) is 8.47. The van der Waals surface area contributed by atoms with Crippen LogP contribution < -0.4 is 0 Å². The summed E-state index contributed by atoms with van der Waals surface area (Å²) >= 11 is 0. The van der Waals surface area contributed by atoms with E-state index in [1.54, 1.807) is 27.7 Å². The molecule has 2 rings (SSSR count). The third kappa shape index (κ3) is 5.31. The molecule has 1 aromatic carbocycles. The molecule has 0 spiro atoms. The molecular formula is C23H32N2O4. The number of carbonyl (C=O) groups is 3. The molecule has 158 valence electrons. The third-order valence-electron chi connectivity index (χ3n) is 4.86. The van der Waals surface area contributed by atoms with Crippen LogP contribution in [0.4, 0.5) is 4.79 Å². The summed E-state index contributed by atoms with van der Waals surface area (Å²) < 4.78 is 5.58. The second-order valence-electron chi connectivity index (χ2n) is 9.18. The first-order valence-electron chi connectivity index (χ1n) is 10.1. The SMILES string of the molecule is CC(=O)CC[C@]1(C)N=C(c2ccccc2)[C@@H](C(C)C)N(C(=O)OC(C)(C)C)C1=O. The number of rotatable bonds is 5. The van der Waals surface area contributed by atoms with Crippen LogP contribution in [0, 0.1) is 5.92 Å². The van der Waals surface area contributed by atoms with E-state index in [-0.39, 0.29) is 24.5 Å². The van der Waals surface area contributed by atoms with Crippen LogP contribution in [0.5, 0.6) is 0 Å². The molecule has 2 atom stereocenters. The lowest BCUT2D eigenvalue weighted by Crippen LogP contribution is -2.62. The monoisotopic (exact) mass is 400 g/mol. The molecule has 0 saturated carbocycles. The number of hydrogen-bond acceptors (Lipinski definition) is 5. The number of ketones is 1. The minimum absolute atomic E-state index is 0.0229. The summed E-state index contributed by atoms with van der Waals surface area (Å²) in [4.78, 5) is 44.2. The Labute approximate surface area is 173 Å². The Bertz CT molecular complexity index is 808. The molecule has 1 aromatic rings. The molecule has 2 amide bonds. The average molecular weight is 401 g/mol. The van der Waals surface area contributed by atoms with Crippen molar-refractivity contribution in [2.24, 2.45) is 10.9 Å². The summed E-state index contributed by atoms with van der Waals surface area (Å²) in [5.41, 5.74) is -0.437. The van der Waals surface area contributed by atoms with Crippen LogP contribution in [0.2, 0.25) is 0 Å². The number of carbonyl (C=O) groups excluding carboxylic acids is 3. The fraction of sp³-hybridized carbons (Fsp3) is 0.565. The number of ether oxygens (including phenoxy) is 1. The molecule has 29 heavy (non-hydrogen) atoms. The van der Waals surface area contributed by atoms with Crippen molar-refractivity contribution in [3.63, 3.8) is 0 Å². The second-order valence-corrected chi connectivity index (χ2v) is 9.18. The number of imide groups is 1. The molecule has 0 N–H and O–H groups in total. The molecule has 0 bridgehead atoms. The van der Waals surface area contributed by atoms with Crippen LogP contribution in [-0.4, -0.2) is 45.6 Å². The summed E-state index contributed by atoms with van der Waals surface area (Å²) in [6, 6.07) is 8.99. The number of hydrogen-bond donors (Lipinski definition) is 0. The Morgan fingerprint density at radius 3 is 2.28 bits per heavy atom. The molecule has 0 unspecified atom stereocenters. The molecule has 0 aliphatic carbocycles. The topological polar surface area (TPSA) is 76.0 Å². The van der Waals surface area contributed by atoms with Gasteiger partial charge in [0.15, 0.2) is 0 Å². The molecule has 1 heterocycles. The minimum atomic E-state index is -1.21. The van der Waals surface area contributed by atoms with Gasteiger partial charge in [0.05, 0.1) is 11.8 Å². The van der Waals surface area contributed by atoms with Crippen LogP contribution in [0.1, 0.15) is 66.9 Å². The van der Waals surface area contributed by atoms with Gasteiger partial charge in [0.1, 0.15) is 16.9 Å². The van der Waals surface area contributed by atoms with Gasteiger partial charge >= 0.3 is 6.09 Å². The predicted octanol–water partition coefficient (Wildman–Crippen LogP) is 4.41. The maximum absolute atomic E-state index is 13.5. The average Bonchev–Trinajstić information content (AvgIpc) is 2.61. The first-order valence-corrected chi connectivity index (χ1v) is 10.1. The Morgan fingerprint density at radius 1 is 1.21 bits per heavy atom. The Balaban J connectivity index is 2.63. The molecule has 6 nitrogen and oxygen atoms in total. The molecule has 0 radical (unpaired) electrons. The molecule has 6 heteroatoms. The first kappa shape index (κ1) is 22.8. The van der Waals surface area contributed by atoms with E-state index >= 15 is 0 Å². The summed E-state index contributed by atoms with van der Waals surface area (Å²) in [5.74, 6) is -0.514. The van der Waals surface area contributed by atoms with Crippen LogP contribution in [0.25, 0.3) is 0 Å². The van der Waals surface area contributed by atoms with Crippen molar-refractivity contribution in [3.8, 4) is 0 Å². The van der Waals surface area contributed by atoms with Gasteiger partial charge in [-0.2, -0.15) is 0 Å². The van der Waals surface area contributed by atoms with E-state index in [9.17, 15) is 14.4 Å². The van der Waals surface area contributed by atoms with Crippen LogP contribution in [0.3, 0.4) is 0 Å². The molecule has 1 aliphatic heterocycles. The maximum atomic E-state index is 13.5. The van der Waals surface area contributed by atoms with Gasteiger partial charge in [0, 0.05) is 6.42 Å². The number of aliphatic imine (C=N–C) groups is 1. The zero-order valence-electron chi connectivity index (χ0n) is 18.5. The summed E-state index contributed by atoms with van der Waals surface area (Å²) in [5, 5.41) is 0. The van der Waals surface area contributed by atoms with E-state index in [1.165, 1.54) is 11.8 Å². The van der Waals surface area contributed by atoms with Crippen molar-refractivity contribution in [1.82, 2.24) is 4.90 Å². The Hall–Kier alpha value is -2.50. The highest BCUT2D eigenvalue weighted by molar-refractivity contribution is 6.14. The zero-order valence-corrected chi connectivity index (χ0v) is 18.5. The summed E-state index contributed by atoms with van der Waals surface area (Å²) in [6.45, 7) is 12.4. The van der Waals surface area contributed by atoms with E-state index in [0.29, 0.717) is 5.71 Å². The lowest BCUT2D eigenvalue weighted by Gasteiger charge is -2.43. The molecular weight excluding hydrogens is 368 g/mol. The van der Waals surface area contributed by atoms with Crippen LogP contribution in [0.15, 0.2) is 35.3 Å².